The number of carbonyl (C=O) groups is 1. The molecular weight excluding hydrogens is 274 g/mol. The van der Waals surface area contributed by atoms with Crippen LogP contribution in [0.15, 0.2) is 24.3 Å². The van der Waals surface area contributed by atoms with Crippen molar-refractivity contribution in [3.05, 3.63) is 29.3 Å². The number of nitrogens with two attached hydrogens (primary N) is 1. The maximum absolute atomic E-state index is 12.1. The molecule has 3 rings (SSSR count). The van der Waals surface area contributed by atoms with Gasteiger partial charge in [-0.25, -0.2) is 0 Å². The van der Waals surface area contributed by atoms with Crippen LogP contribution in [0.5, 0.6) is 0 Å². The number of hydrogen-bond donors (Lipinski definition) is 2. The largest absolute Gasteiger partial charge is 0.327 e. The number of halogens is 1. The zero-order valence-corrected chi connectivity index (χ0v) is 12.1. The van der Waals surface area contributed by atoms with Gasteiger partial charge in [0.2, 0.25) is 5.91 Å². The molecule has 1 heterocycles. The highest BCUT2D eigenvalue weighted by atomic mass is 35.5. The Morgan fingerprint density at radius 3 is 3.00 bits per heavy atom. The number of carbonyl (C=O) groups excluding carboxylic acids is 1. The van der Waals surface area contributed by atoms with Crippen LogP contribution in [0.1, 0.15) is 12.8 Å². The summed E-state index contributed by atoms with van der Waals surface area (Å²) in [7, 11) is 0. The van der Waals surface area contributed by atoms with E-state index in [9.17, 15) is 4.79 Å². The maximum atomic E-state index is 12.1. The van der Waals surface area contributed by atoms with Crippen LogP contribution in [0.2, 0.25) is 5.02 Å². The van der Waals surface area contributed by atoms with E-state index in [-0.39, 0.29) is 5.91 Å². The molecule has 20 heavy (non-hydrogen) atoms. The van der Waals surface area contributed by atoms with E-state index in [2.05, 4.69) is 10.2 Å². The highest BCUT2D eigenvalue weighted by Crippen LogP contribution is 2.36. The lowest BCUT2D eigenvalue weighted by Crippen LogP contribution is -2.34. The summed E-state index contributed by atoms with van der Waals surface area (Å²) in [4.78, 5) is 14.3. The van der Waals surface area contributed by atoms with Crippen molar-refractivity contribution in [3.63, 3.8) is 0 Å². The van der Waals surface area contributed by atoms with Crippen LogP contribution in [0.3, 0.4) is 0 Å². The molecule has 1 saturated carbocycles. The third kappa shape index (κ3) is 2.97. The van der Waals surface area contributed by atoms with Crippen molar-refractivity contribution < 1.29 is 4.79 Å². The fraction of sp³-hybridized carbons (Fsp3) is 0.533. The number of nitrogens with one attached hydrogen (secondary N) is 1. The van der Waals surface area contributed by atoms with Gasteiger partial charge in [0.15, 0.2) is 0 Å². The molecule has 5 heteroatoms. The molecule has 1 saturated heterocycles. The first kappa shape index (κ1) is 13.9. The molecule has 0 spiro atoms. The Kier molecular flexibility index (Phi) is 3.96. The Morgan fingerprint density at radius 1 is 1.40 bits per heavy atom. The van der Waals surface area contributed by atoms with E-state index < -0.39 is 0 Å². The number of nitrogens with zero attached hydrogens (tertiary/aromatic N) is 1. The van der Waals surface area contributed by atoms with Gasteiger partial charge in [-0.2, -0.15) is 0 Å². The number of hydrogen-bond acceptors (Lipinski definition) is 3. The second kappa shape index (κ2) is 5.72. The number of amides is 1. The quantitative estimate of drug-likeness (QED) is 0.895. The molecule has 1 aliphatic heterocycles. The van der Waals surface area contributed by atoms with Crippen molar-refractivity contribution in [2.24, 2.45) is 17.6 Å². The summed E-state index contributed by atoms with van der Waals surface area (Å²) in [6, 6.07) is 7.55. The summed E-state index contributed by atoms with van der Waals surface area (Å²) < 4.78 is 0. The number of rotatable bonds is 3. The third-order valence-electron chi connectivity index (χ3n) is 4.46. The lowest BCUT2D eigenvalue weighted by atomic mass is 9.98. The summed E-state index contributed by atoms with van der Waals surface area (Å²) in [5.74, 6) is 1.28. The first-order valence-corrected chi connectivity index (χ1v) is 7.53. The molecular formula is C15H20ClN3O. The molecule has 1 aliphatic carbocycles. The zero-order chi connectivity index (χ0) is 14.1. The van der Waals surface area contributed by atoms with Gasteiger partial charge < -0.3 is 11.1 Å². The molecule has 0 aromatic heterocycles. The van der Waals surface area contributed by atoms with Gasteiger partial charge in [0.05, 0.1) is 6.54 Å². The Balaban J connectivity index is 1.53. The van der Waals surface area contributed by atoms with Crippen LogP contribution in [0.4, 0.5) is 5.69 Å². The number of fused-ring (bicyclic) bond motifs is 1. The van der Waals surface area contributed by atoms with Gasteiger partial charge in [-0.05, 0) is 42.9 Å². The van der Waals surface area contributed by atoms with E-state index in [0.29, 0.717) is 29.4 Å². The minimum Gasteiger partial charge on any atom is -0.327 e. The summed E-state index contributed by atoms with van der Waals surface area (Å²) >= 11 is 5.90. The summed E-state index contributed by atoms with van der Waals surface area (Å²) in [5, 5.41) is 3.52. The van der Waals surface area contributed by atoms with Gasteiger partial charge in [0.1, 0.15) is 0 Å². The van der Waals surface area contributed by atoms with Gasteiger partial charge in [-0.1, -0.05) is 17.7 Å². The van der Waals surface area contributed by atoms with Crippen LogP contribution in [0.25, 0.3) is 0 Å². The summed E-state index contributed by atoms with van der Waals surface area (Å²) in [5.41, 5.74) is 6.86. The molecule has 108 valence electrons. The average molecular weight is 294 g/mol. The molecule has 4 nitrogen and oxygen atoms in total. The monoisotopic (exact) mass is 293 g/mol. The highest BCUT2D eigenvalue weighted by Gasteiger charge is 2.41. The number of anilines is 1. The van der Waals surface area contributed by atoms with Crippen LogP contribution >= 0.6 is 11.6 Å². The fourth-order valence-electron chi connectivity index (χ4n) is 3.50. The maximum Gasteiger partial charge on any atom is 0.238 e. The minimum atomic E-state index is 0.0146. The molecule has 1 aromatic rings. The lowest BCUT2D eigenvalue weighted by Gasteiger charge is -2.17. The molecule has 3 atom stereocenters. The molecule has 2 fully saturated rings. The van der Waals surface area contributed by atoms with Crippen molar-refractivity contribution in [2.45, 2.75) is 18.9 Å². The van der Waals surface area contributed by atoms with Crippen molar-refractivity contribution in [3.8, 4) is 0 Å². The van der Waals surface area contributed by atoms with Crippen LogP contribution < -0.4 is 11.1 Å². The van der Waals surface area contributed by atoms with Crippen LogP contribution in [0, 0.1) is 11.8 Å². The van der Waals surface area contributed by atoms with E-state index in [1.165, 1.54) is 6.42 Å². The average Bonchev–Trinajstić information content (AvgIpc) is 2.92. The fourth-order valence-corrected chi connectivity index (χ4v) is 3.69. The Bertz CT molecular complexity index is 508. The smallest absolute Gasteiger partial charge is 0.238 e. The predicted molar refractivity (Wildman–Crippen MR) is 80.7 cm³/mol. The topological polar surface area (TPSA) is 58.4 Å². The van der Waals surface area contributed by atoms with E-state index in [0.717, 1.165) is 25.2 Å². The minimum absolute atomic E-state index is 0.0146. The molecule has 3 N–H and O–H groups in total. The van der Waals surface area contributed by atoms with Crippen LogP contribution in [-0.4, -0.2) is 36.5 Å². The second-order valence-electron chi connectivity index (χ2n) is 5.92. The molecule has 1 amide bonds. The van der Waals surface area contributed by atoms with Crippen molar-refractivity contribution in [1.29, 1.82) is 0 Å². The standard InChI is InChI=1S/C15H20ClN3O/c16-11-2-1-3-12(6-11)18-15(20)9-19-7-10-4-5-14(17)13(10)8-19/h1-3,6,10,13-14H,4-5,7-9,17H2,(H,18,20). The molecule has 2 aliphatic rings. The Labute approximate surface area is 124 Å². The predicted octanol–water partition coefficient (Wildman–Crippen LogP) is 1.95. The number of benzene rings is 1. The zero-order valence-electron chi connectivity index (χ0n) is 11.4. The first-order chi connectivity index (χ1) is 9.61. The first-order valence-electron chi connectivity index (χ1n) is 7.15. The molecule has 0 radical (unpaired) electrons. The van der Waals surface area contributed by atoms with Gasteiger partial charge in [0, 0.05) is 29.8 Å². The van der Waals surface area contributed by atoms with E-state index >= 15 is 0 Å². The Hall–Kier alpha value is -1.10. The van der Waals surface area contributed by atoms with Gasteiger partial charge in [-0.15, -0.1) is 0 Å². The Morgan fingerprint density at radius 2 is 2.25 bits per heavy atom. The molecule has 0 bridgehead atoms. The summed E-state index contributed by atoms with van der Waals surface area (Å²) in [6.45, 7) is 2.39. The van der Waals surface area contributed by atoms with Gasteiger partial charge >= 0.3 is 0 Å². The molecule has 3 unspecified atom stereocenters. The van der Waals surface area contributed by atoms with Gasteiger partial charge in [0.25, 0.3) is 0 Å². The van der Waals surface area contributed by atoms with E-state index in [1.54, 1.807) is 12.1 Å². The van der Waals surface area contributed by atoms with Gasteiger partial charge in [-0.3, -0.25) is 9.69 Å². The molecule has 1 aromatic carbocycles. The summed E-state index contributed by atoms with van der Waals surface area (Å²) in [6.07, 6.45) is 2.34. The highest BCUT2D eigenvalue weighted by molar-refractivity contribution is 6.30. The SMILES string of the molecule is NC1CCC2CN(CC(=O)Nc3cccc(Cl)c3)CC12. The van der Waals surface area contributed by atoms with Crippen molar-refractivity contribution in [1.82, 2.24) is 4.90 Å². The number of likely N-dealkylation sites (tertiary alicyclic amines) is 1. The van der Waals surface area contributed by atoms with Crippen LogP contribution in [-0.2, 0) is 4.79 Å². The lowest BCUT2D eigenvalue weighted by molar-refractivity contribution is -0.117. The van der Waals surface area contributed by atoms with Crippen molar-refractivity contribution >= 4 is 23.2 Å². The van der Waals surface area contributed by atoms with E-state index in [4.69, 9.17) is 17.3 Å². The third-order valence-corrected chi connectivity index (χ3v) is 4.70. The van der Waals surface area contributed by atoms with E-state index in [1.807, 2.05) is 12.1 Å². The normalized spacial score (nSPS) is 29.4. The van der Waals surface area contributed by atoms with Crippen molar-refractivity contribution in [2.75, 3.05) is 25.0 Å². The second-order valence-corrected chi connectivity index (χ2v) is 6.35.